The predicted octanol–water partition coefficient (Wildman–Crippen LogP) is 26.4. The van der Waals surface area contributed by atoms with E-state index in [1.54, 1.807) is 0 Å². The molecule has 0 amide bonds. The van der Waals surface area contributed by atoms with E-state index in [4.69, 9.17) is 0 Å². The first-order chi connectivity index (χ1) is 53.6. The zero-order valence-corrected chi connectivity index (χ0v) is 59.3. The van der Waals surface area contributed by atoms with Crippen LogP contribution in [0.3, 0.4) is 0 Å². The number of aromatic nitrogens is 1. The van der Waals surface area contributed by atoms with Crippen LogP contribution >= 0.6 is 0 Å². The van der Waals surface area contributed by atoms with Gasteiger partial charge in [0, 0.05) is 39.2 Å². The Morgan fingerprint density at radius 1 is 0.213 bits per heavy atom. The van der Waals surface area contributed by atoms with Crippen LogP contribution in [0.5, 0.6) is 0 Å². The summed E-state index contributed by atoms with van der Waals surface area (Å²) in [4.78, 5) is 2.51. The van der Waals surface area contributed by atoms with Gasteiger partial charge >= 0.3 is 0 Å². The summed E-state index contributed by atoms with van der Waals surface area (Å²) in [7, 11) is 0. The fraction of sp³-hybridized carbons (Fsp3) is 0.0286. The summed E-state index contributed by atoms with van der Waals surface area (Å²) in [6.07, 6.45) is 0. The molecule has 0 saturated heterocycles. The van der Waals surface area contributed by atoms with E-state index < -0.39 is 16.2 Å². The Balaban J connectivity index is 0.000000165. The number of benzene rings is 17. The van der Waals surface area contributed by atoms with Gasteiger partial charge in [-0.15, -0.1) is 0 Å². The zero-order chi connectivity index (χ0) is 71.3. The van der Waals surface area contributed by atoms with Gasteiger partial charge in [0.15, 0.2) is 0 Å². The van der Waals surface area contributed by atoms with Crippen LogP contribution in [-0.4, -0.2) is 4.57 Å². The number of para-hydroxylation sites is 3. The van der Waals surface area contributed by atoms with Crippen molar-refractivity contribution in [3.8, 4) is 61.3 Å². The molecule has 18 aromatic rings. The van der Waals surface area contributed by atoms with Crippen LogP contribution in [0.15, 0.2) is 425 Å². The molecule has 0 fully saturated rings. The van der Waals surface area contributed by atoms with Crippen molar-refractivity contribution in [1.82, 2.24) is 4.57 Å². The number of anilines is 5. The molecule has 1 atom stereocenters. The van der Waals surface area contributed by atoms with E-state index in [-0.39, 0.29) is 0 Å². The molecule has 1 spiro atoms. The monoisotopic (exact) mass is 1370 g/mol. The van der Waals surface area contributed by atoms with E-state index in [9.17, 15) is 0 Å². The number of nitrogens with one attached hydrogen (secondary N) is 1. The summed E-state index contributed by atoms with van der Waals surface area (Å²) in [5, 5.41) is 6.27. The molecule has 4 aliphatic rings. The van der Waals surface area contributed by atoms with Crippen LogP contribution in [-0.2, 0) is 16.2 Å². The lowest BCUT2D eigenvalue weighted by molar-refractivity contribution is 0.748. The minimum Gasteiger partial charge on any atom is -0.355 e. The lowest BCUT2D eigenvalue weighted by Crippen LogP contribution is -2.33. The minimum atomic E-state index is -0.588. The van der Waals surface area contributed by atoms with Crippen LogP contribution in [0.25, 0.3) is 83.1 Å². The minimum absolute atomic E-state index is 0.391. The van der Waals surface area contributed by atoms with Gasteiger partial charge in [0.05, 0.1) is 33.0 Å². The Morgan fingerprint density at radius 2 is 0.574 bits per heavy atom. The Labute approximate surface area is 629 Å². The Hall–Kier alpha value is -13.9. The SMILES string of the molecule is c1ccc(-c2cccc(N(c3ccc4c(c3)C(c3ccccc3)(c3ccccc3)c3ccccc3-4)c3ccc4c(c3)C3(c5ccccc5-4)c4ccccc4-n4c5ccccc5c5cccc3c54)c2)cc1.c1ccc(-c2cccc(Nc3ccc4c(c3)C(c3ccccc3)(c3ccccc3)c3ccccc3-4)c2)cc1. The average molecular weight is 1370 g/mol. The van der Waals surface area contributed by atoms with Crippen molar-refractivity contribution in [2.45, 2.75) is 16.2 Å². The van der Waals surface area contributed by atoms with Crippen molar-refractivity contribution in [1.29, 1.82) is 0 Å². The van der Waals surface area contributed by atoms with Crippen LogP contribution in [0.4, 0.5) is 28.4 Å². The standard InChI is InChI=1S/C68H44N2.C37H27N/c1-4-20-45(21-5-1)46-22-18-27-49(42-46)69(50-38-40-54-52-28-10-13-32-58(52)67(62(54)43-50,47-23-6-2-7-24-47)48-25-8-3-9-26-48)51-39-41-55-53-29-11-14-33-59(53)68(63(55)44-51)60-34-15-17-37-65(60)70-64-36-16-12-30-56(64)57-31-19-35-61(68)66(57)70;1-4-13-27(14-5-1)28-15-12-20-31(25-28)38-32-23-24-34-33-21-10-11-22-35(33)37(36(34)26-32,29-16-6-2-7-17-29)30-18-8-3-9-19-30/h1-44H;1-26,38H. The van der Waals surface area contributed by atoms with Crippen molar-refractivity contribution in [2.24, 2.45) is 0 Å². The van der Waals surface area contributed by atoms with Crippen LogP contribution in [0, 0.1) is 0 Å². The van der Waals surface area contributed by atoms with Gasteiger partial charge in [0.1, 0.15) is 0 Å². The Kier molecular flexibility index (Phi) is 14.6. The third-order valence-corrected chi connectivity index (χ3v) is 23.6. The molecule has 22 rings (SSSR count). The van der Waals surface area contributed by atoms with Crippen LogP contribution in [0.2, 0.25) is 0 Å². The fourth-order valence-electron chi connectivity index (χ4n) is 19.3. The summed E-state index contributed by atoms with van der Waals surface area (Å²) in [6, 6.07) is 157. The van der Waals surface area contributed by atoms with E-state index in [1.165, 1.54) is 150 Å². The number of fused-ring (bicyclic) bond motifs is 18. The highest BCUT2D eigenvalue weighted by atomic mass is 15.1. The molecular formula is C105H71N3. The predicted molar refractivity (Wildman–Crippen MR) is 448 cm³/mol. The van der Waals surface area contributed by atoms with Crippen molar-refractivity contribution in [3.63, 3.8) is 0 Å². The van der Waals surface area contributed by atoms with E-state index >= 15 is 0 Å². The highest BCUT2D eigenvalue weighted by Gasteiger charge is 2.52. The lowest BCUT2D eigenvalue weighted by Gasteiger charge is -2.40. The molecule has 1 unspecified atom stereocenters. The third kappa shape index (κ3) is 9.35. The van der Waals surface area contributed by atoms with Crippen molar-refractivity contribution in [2.75, 3.05) is 10.2 Å². The van der Waals surface area contributed by atoms with Gasteiger partial charge in [0.2, 0.25) is 0 Å². The number of nitrogens with zero attached hydrogens (tertiary/aromatic N) is 2. The second kappa shape index (κ2) is 25.2. The molecule has 0 bridgehead atoms. The molecule has 0 saturated carbocycles. The molecule has 3 nitrogen and oxygen atoms in total. The summed E-state index contributed by atoms with van der Waals surface area (Å²) in [6.45, 7) is 0. The number of hydrogen-bond donors (Lipinski definition) is 1. The van der Waals surface area contributed by atoms with Gasteiger partial charge in [-0.2, -0.15) is 0 Å². The van der Waals surface area contributed by atoms with E-state index in [2.05, 4.69) is 439 Å². The summed E-state index contributed by atoms with van der Waals surface area (Å²) in [5.74, 6) is 0. The number of hydrogen-bond acceptors (Lipinski definition) is 2. The second-order valence-electron chi connectivity index (χ2n) is 29.0. The quantitative estimate of drug-likeness (QED) is 0.139. The fourth-order valence-corrected chi connectivity index (χ4v) is 19.3. The molecular weight excluding hydrogens is 1300 g/mol. The van der Waals surface area contributed by atoms with Crippen LogP contribution in [0.1, 0.15) is 66.8 Å². The first-order valence-electron chi connectivity index (χ1n) is 37.5. The highest BCUT2D eigenvalue weighted by Crippen LogP contribution is 2.64. The van der Waals surface area contributed by atoms with Gasteiger partial charge in [-0.3, -0.25) is 0 Å². The van der Waals surface area contributed by atoms with E-state index in [0.717, 1.165) is 28.4 Å². The highest BCUT2D eigenvalue weighted by molar-refractivity contribution is 6.13. The first kappa shape index (κ1) is 62.7. The maximum absolute atomic E-state index is 3.71. The van der Waals surface area contributed by atoms with Crippen molar-refractivity contribution in [3.05, 3.63) is 491 Å². The molecule has 1 N–H and O–H groups in total. The van der Waals surface area contributed by atoms with Crippen molar-refractivity contribution >= 4 is 50.2 Å². The maximum Gasteiger partial charge on any atom is 0.0755 e. The van der Waals surface area contributed by atoms with Gasteiger partial charge < -0.3 is 14.8 Å². The second-order valence-corrected chi connectivity index (χ2v) is 29.0. The largest absolute Gasteiger partial charge is 0.355 e. The third-order valence-electron chi connectivity index (χ3n) is 23.6. The van der Waals surface area contributed by atoms with Gasteiger partial charge in [-0.1, -0.05) is 352 Å². The molecule has 3 heteroatoms. The normalized spacial score (nSPS) is 14.5. The number of rotatable bonds is 11. The van der Waals surface area contributed by atoms with Gasteiger partial charge in [0.25, 0.3) is 0 Å². The molecule has 3 aliphatic carbocycles. The van der Waals surface area contributed by atoms with Crippen LogP contribution < -0.4 is 10.2 Å². The average Bonchev–Trinajstić information content (AvgIpc) is 1.48. The molecule has 506 valence electrons. The van der Waals surface area contributed by atoms with E-state index in [0.29, 0.717) is 0 Å². The molecule has 108 heavy (non-hydrogen) atoms. The molecule has 2 heterocycles. The topological polar surface area (TPSA) is 20.2 Å². The van der Waals surface area contributed by atoms with Crippen molar-refractivity contribution < 1.29 is 0 Å². The molecule has 1 aromatic heterocycles. The summed E-state index contributed by atoms with van der Waals surface area (Å²) in [5.41, 5.74) is 35.6. The Morgan fingerprint density at radius 3 is 1.12 bits per heavy atom. The smallest absolute Gasteiger partial charge is 0.0755 e. The lowest BCUT2D eigenvalue weighted by atomic mass is 9.65. The van der Waals surface area contributed by atoms with Gasteiger partial charge in [-0.05, 0) is 195 Å². The zero-order valence-electron chi connectivity index (χ0n) is 59.3. The molecule has 1 aliphatic heterocycles. The maximum atomic E-state index is 3.71. The Bertz CT molecular complexity index is 6440. The summed E-state index contributed by atoms with van der Waals surface area (Å²) < 4.78 is 2.53. The van der Waals surface area contributed by atoms with Gasteiger partial charge in [-0.25, -0.2) is 0 Å². The van der Waals surface area contributed by atoms with E-state index in [1.807, 2.05) is 0 Å². The molecule has 0 radical (unpaired) electrons. The summed E-state index contributed by atoms with van der Waals surface area (Å²) >= 11 is 0. The first-order valence-corrected chi connectivity index (χ1v) is 37.5. The molecule has 17 aromatic carbocycles.